The Balaban J connectivity index is 3.06. The first kappa shape index (κ1) is 8.21. The summed E-state index contributed by atoms with van der Waals surface area (Å²) < 4.78 is 0. The summed E-state index contributed by atoms with van der Waals surface area (Å²) in [4.78, 5) is 4.38. The van der Waals surface area contributed by atoms with Gasteiger partial charge in [-0.1, -0.05) is 13.0 Å². The molecule has 0 fully saturated rings. The van der Waals surface area contributed by atoms with Crippen molar-refractivity contribution in [3.05, 3.63) is 29.1 Å². The van der Waals surface area contributed by atoms with Gasteiger partial charge in [-0.25, -0.2) is 0 Å². The van der Waals surface area contributed by atoms with Gasteiger partial charge >= 0.3 is 0 Å². The second-order valence-corrected chi connectivity index (χ2v) is 2.62. The minimum Gasteiger partial charge on any atom is -0.326 e. The first-order chi connectivity index (χ1) is 5.27. The fourth-order valence-corrected chi connectivity index (χ4v) is 1.13. The van der Waals surface area contributed by atoms with Crippen LogP contribution >= 0.6 is 0 Å². The number of nitrogens with two attached hydrogens (primary N) is 1. The zero-order valence-electron chi connectivity index (χ0n) is 7.09. The molecule has 1 aromatic heterocycles. The summed E-state index contributed by atoms with van der Waals surface area (Å²) in [6.07, 6.45) is 0.966. The summed E-state index contributed by atoms with van der Waals surface area (Å²) in [6.45, 7) is 4.69. The molecule has 0 amide bonds. The number of pyridine rings is 1. The monoisotopic (exact) mass is 150 g/mol. The van der Waals surface area contributed by atoms with Crippen LogP contribution in [0.2, 0.25) is 0 Å². The lowest BCUT2D eigenvalue weighted by molar-refractivity contribution is 0.928. The summed E-state index contributed by atoms with van der Waals surface area (Å²) in [5.41, 5.74) is 8.90. The van der Waals surface area contributed by atoms with E-state index in [1.807, 2.05) is 13.0 Å². The molecule has 0 saturated carbocycles. The van der Waals surface area contributed by atoms with Gasteiger partial charge in [0.15, 0.2) is 0 Å². The molecule has 2 N–H and O–H groups in total. The van der Waals surface area contributed by atoms with Crippen LogP contribution in [-0.2, 0) is 13.0 Å². The van der Waals surface area contributed by atoms with Gasteiger partial charge in [-0.15, -0.1) is 0 Å². The standard InChI is InChI=1S/C9H14N2/c1-3-9-8(6-10)5-4-7(2)11-9/h4-5H,3,6,10H2,1-2H3. The third kappa shape index (κ3) is 1.77. The zero-order chi connectivity index (χ0) is 8.27. The third-order valence-electron chi connectivity index (χ3n) is 1.76. The fourth-order valence-electron chi connectivity index (χ4n) is 1.13. The molecule has 60 valence electrons. The topological polar surface area (TPSA) is 38.9 Å². The number of aryl methyl sites for hydroxylation is 2. The lowest BCUT2D eigenvalue weighted by Gasteiger charge is -2.04. The number of nitrogens with zero attached hydrogens (tertiary/aromatic N) is 1. The minimum absolute atomic E-state index is 0.594. The number of hydrogen-bond acceptors (Lipinski definition) is 2. The zero-order valence-corrected chi connectivity index (χ0v) is 7.09. The largest absolute Gasteiger partial charge is 0.326 e. The smallest absolute Gasteiger partial charge is 0.0448 e. The Morgan fingerprint density at radius 2 is 2.18 bits per heavy atom. The van der Waals surface area contributed by atoms with Gasteiger partial charge in [0.25, 0.3) is 0 Å². The highest BCUT2D eigenvalue weighted by molar-refractivity contribution is 5.22. The maximum Gasteiger partial charge on any atom is 0.0448 e. The Kier molecular flexibility index (Phi) is 2.60. The Morgan fingerprint density at radius 1 is 1.45 bits per heavy atom. The van der Waals surface area contributed by atoms with Crippen LogP contribution in [-0.4, -0.2) is 4.98 Å². The molecule has 0 aliphatic carbocycles. The number of hydrogen-bond donors (Lipinski definition) is 1. The normalized spacial score (nSPS) is 10.1. The Hall–Kier alpha value is -0.890. The maximum absolute atomic E-state index is 5.54. The maximum atomic E-state index is 5.54. The summed E-state index contributed by atoms with van der Waals surface area (Å²) in [5, 5.41) is 0. The van der Waals surface area contributed by atoms with Gasteiger partial charge in [-0.05, 0) is 25.0 Å². The molecule has 2 heteroatoms. The van der Waals surface area contributed by atoms with Gasteiger partial charge in [-0.2, -0.15) is 0 Å². The van der Waals surface area contributed by atoms with Gasteiger partial charge in [0.1, 0.15) is 0 Å². The first-order valence-electron chi connectivity index (χ1n) is 3.93. The SMILES string of the molecule is CCc1nc(C)ccc1CN. The van der Waals surface area contributed by atoms with Crippen LogP contribution in [0.4, 0.5) is 0 Å². The average Bonchev–Trinajstić information content (AvgIpc) is 2.04. The van der Waals surface area contributed by atoms with Gasteiger partial charge < -0.3 is 5.73 Å². The fraction of sp³-hybridized carbons (Fsp3) is 0.444. The van der Waals surface area contributed by atoms with Crippen molar-refractivity contribution in [2.75, 3.05) is 0 Å². The highest BCUT2D eigenvalue weighted by atomic mass is 14.7. The van der Waals surface area contributed by atoms with Crippen molar-refractivity contribution < 1.29 is 0 Å². The first-order valence-corrected chi connectivity index (χ1v) is 3.93. The molecule has 11 heavy (non-hydrogen) atoms. The van der Waals surface area contributed by atoms with Crippen molar-refractivity contribution in [1.29, 1.82) is 0 Å². The predicted molar refractivity (Wildman–Crippen MR) is 46.2 cm³/mol. The van der Waals surface area contributed by atoms with E-state index in [-0.39, 0.29) is 0 Å². The molecule has 0 bridgehead atoms. The van der Waals surface area contributed by atoms with Gasteiger partial charge in [0.2, 0.25) is 0 Å². The molecule has 1 aromatic rings. The molecule has 0 spiro atoms. The highest BCUT2D eigenvalue weighted by Crippen LogP contribution is 2.06. The van der Waals surface area contributed by atoms with Crippen molar-refractivity contribution in [3.63, 3.8) is 0 Å². The van der Waals surface area contributed by atoms with E-state index in [1.165, 1.54) is 0 Å². The second-order valence-electron chi connectivity index (χ2n) is 2.62. The molecule has 0 saturated heterocycles. The average molecular weight is 150 g/mol. The van der Waals surface area contributed by atoms with E-state index in [9.17, 15) is 0 Å². The Bertz CT molecular complexity index is 243. The third-order valence-corrected chi connectivity index (χ3v) is 1.76. The molecule has 0 unspecified atom stereocenters. The van der Waals surface area contributed by atoms with Crippen LogP contribution in [0.25, 0.3) is 0 Å². The minimum atomic E-state index is 0.594. The van der Waals surface area contributed by atoms with Crippen LogP contribution in [0.3, 0.4) is 0 Å². The van der Waals surface area contributed by atoms with Crippen LogP contribution in [0.1, 0.15) is 23.9 Å². The van der Waals surface area contributed by atoms with Crippen LogP contribution < -0.4 is 5.73 Å². The lowest BCUT2D eigenvalue weighted by atomic mass is 10.1. The van der Waals surface area contributed by atoms with Crippen molar-refractivity contribution in [2.45, 2.75) is 26.8 Å². The predicted octanol–water partition coefficient (Wildman–Crippen LogP) is 1.41. The molecule has 1 heterocycles. The quantitative estimate of drug-likeness (QED) is 0.692. The van der Waals surface area contributed by atoms with Crippen molar-refractivity contribution in [2.24, 2.45) is 5.73 Å². The number of aromatic nitrogens is 1. The summed E-state index contributed by atoms with van der Waals surface area (Å²) in [6, 6.07) is 4.06. The van der Waals surface area contributed by atoms with Gasteiger partial charge in [0.05, 0.1) is 0 Å². The van der Waals surface area contributed by atoms with E-state index in [0.717, 1.165) is 23.4 Å². The molecular formula is C9H14N2. The molecule has 0 aliphatic rings. The summed E-state index contributed by atoms with van der Waals surface area (Å²) in [5.74, 6) is 0. The molecule has 0 radical (unpaired) electrons. The van der Waals surface area contributed by atoms with Gasteiger partial charge in [-0.3, -0.25) is 4.98 Å². The van der Waals surface area contributed by atoms with E-state index in [2.05, 4.69) is 18.0 Å². The van der Waals surface area contributed by atoms with E-state index in [0.29, 0.717) is 6.54 Å². The molecular weight excluding hydrogens is 136 g/mol. The van der Waals surface area contributed by atoms with Crippen molar-refractivity contribution >= 4 is 0 Å². The molecule has 0 aliphatic heterocycles. The van der Waals surface area contributed by atoms with E-state index >= 15 is 0 Å². The molecule has 0 atom stereocenters. The Labute approximate surface area is 67.5 Å². The van der Waals surface area contributed by atoms with Crippen LogP contribution in [0.5, 0.6) is 0 Å². The van der Waals surface area contributed by atoms with Crippen LogP contribution in [0.15, 0.2) is 12.1 Å². The molecule has 0 aromatic carbocycles. The highest BCUT2D eigenvalue weighted by Gasteiger charge is 1.98. The van der Waals surface area contributed by atoms with E-state index in [4.69, 9.17) is 5.73 Å². The van der Waals surface area contributed by atoms with Crippen molar-refractivity contribution in [3.8, 4) is 0 Å². The number of rotatable bonds is 2. The second kappa shape index (κ2) is 3.49. The molecule has 2 nitrogen and oxygen atoms in total. The van der Waals surface area contributed by atoms with E-state index < -0.39 is 0 Å². The molecule has 1 rings (SSSR count). The van der Waals surface area contributed by atoms with Crippen LogP contribution in [0, 0.1) is 6.92 Å². The summed E-state index contributed by atoms with van der Waals surface area (Å²) >= 11 is 0. The van der Waals surface area contributed by atoms with Gasteiger partial charge in [0, 0.05) is 17.9 Å². The van der Waals surface area contributed by atoms with E-state index in [1.54, 1.807) is 0 Å². The van der Waals surface area contributed by atoms with Crippen molar-refractivity contribution in [1.82, 2.24) is 4.98 Å². The Morgan fingerprint density at radius 3 is 2.73 bits per heavy atom. The lowest BCUT2D eigenvalue weighted by Crippen LogP contribution is -2.03. The summed E-state index contributed by atoms with van der Waals surface area (Å²) in [7, 11) is 0.